The fourth-order valence-corrected chi connectivity index (χ4v) is 2.26. The van der Waals surface area contributed by atoms with E-state index < -0.39 is 0 Å². The number of hydrogen-bond acceptors (Lipinski definition) is 2. The predicted octanol–water partition coefficient (Wildman–Crippen LogP) is 2.11. The summed E-state index contributed by atoms with van der Waals surface area (Å²) in [6.07, 6.45) is 2.44. The zero-order valence-corrected chi connectivity index (χ0v) is 11.1. The predicted molar refractivity (Wildman–Crippen MR) is 73.1 cm³/mol. The number of rotatable bonds is 6. The van der Waals surface area contributed by atoms with E-state index in [1.165, 1.54) is 18.4 Å². The van der Waals surface area contributed by atoms with E-state index in [4.69, 9.17) is 0 Å². The van der Waals surface area contributed by atoms with Crippen molar-refractivity contribution in [3.05, 3.63) is 35.9 Å². The third kappa shape index (κ3) is 3.33. The van der Waals surface area contributed by atoms with Crippen molar-refractivity contribution in [1.82, 2.24) is 10.6 Å². The molecule has 1 aromatic rings. The van der Waals surface area contributed by atoms with E-state index in [0.717, 1.165) is 6.54 Å². The third-order valence-electron chi connectivity index (χ3n) is 3.51. The number of hydrogen-bond donors (Lipinski definition) is 2. The van der Waals surface area contributed by atoms with Crippen LogP contribution in [0.1, 0.15) is 31.4 Å². The Morgan fingerprint density at radius 3 is 2.56 bits per heavy atom. The largest absolute Gasteiger partial charge is 0.349 e. The number of amides is 1. The highest BCUT2D eigenvalue weighted by Crippen LogP contribution is 2.41. The summed E-state index contributed by atoms with van der Waals surface area (Å²) in [5.41, 5.74) is 1.23. The van der Waals surface area contributed by atoms with Crippen LogP contribution in [0.15, 0.2) is 30.3 Å². The lowest BCUT2D eigenvalue weighted by Gasteiger charge is -2.21. The quantitative estimate of drug-likeness (QED) is 0.807. The zero-order chi connectivity index (χ0) is 13.0. The van der Waals surface area contributed by atoms with E-state index in [9.17, 15) is 4.79 Å². The SMILES string of the molecule is CNCC(C)C(=O)NC(c1ccccc1)C1CC1. The summed E-state index contributed by atoms with van der Waals surface area (Å²) >= 11 is 0. The monoisotopic (exact) mass is 246 g/mol. The lowest BCUT2D eigenvalue weighted by molar-refractivity contribution is -0.125. The summed E-state index contributed by atoms with van der Waals surface area (Å²) in [6, 6.07) is 10.5. The van der Waals surface area contributed by atoms with Crippen LogP contribution in [0.4, 0.5) is 0 Å². The summed E-state index contributed by atoms with van der Waals surface area (Å²) < 4.78 is 0. The Morgan fingerprint density at radius 1 is 1.33 bits per heavy atom. The van der Waals surface area contributed by atoms with Crippen LogP contribution in [0.3, 0.4) is 0 Å². The van der Waals surface area contributed by atoms with E-state index in [2.05, 4.69) is 22.8 Å². The van der Waals surface area contributed by atoms with Gasteiger partial charge in [0.15, 0.2) is 0 Å². The first-order chi connectivity index (χ1) is 8.72. The van der Waals surface area contributed by atoms with Gasteiger partial charge in [-0.2, -0.15) is 0 Å². The maximum Gasteiger partial charge on any atom is 0.224 e. The van der Waals surface area contributed by atoms with Crippen LogP contribution < -0.4 is 10.6 Å². The molecule has 98 valence electrons. The van der Waals surface area contributed by atoms with Gasteiger partial charge in [-0.05, 0) is 31.4 Å². The van der Waals surface area contributed by atoms with E-state index in [-0.39, 0.29) is 17.9 Å². The molecule has 1 fully saturated rings. The molecule has 3 heteroatoms. The number of carbonyl (C=O) groups is 1. The maximum atomic E-state index is 12.1. The molecule has 2 N–H and O–H groups in total. The second kappa shape index (κ2) is 6.01. The Bertz CT molecular complexity index is 387. The normalized spacial score (nSPS) is 18.1. The van der Waals surface area contributed by atoms with Crippen molar-refractivity contribution < 1.29 is 4.79 Å². The van der Waals surface area contributed by atoms with Gasteiger partial charge in [-0.25, -0.2) is 0 Å². The molecular formula is C15H22N2O. The molecule has 1 aliphatic carbocycles. The highest BCUT2D eigenvalue weighted by Gasteiger charge is 2.33. The number of nitrogens with one attached hydrogen (secondary N) is 2. The second-order valence-corrected chi connectivity index (χ2v) is 5.19. The van der Waals surface area contributed by atoms with Crippen LogP contribution in [-0.2, 0) is 4.79 Å². The van der Waals surface area contributed by atoms with Crippen LogP contribution in [0.25, 0.3) is 0 Å². The second-order valence-electron chi connectivity index (χ2n) is 5.19. The summed E-state index contributed by atoms with van der Waals surface area (Å²) in [4.78, 5) is 12.1. The molecule has 2 atom stereocenters. The lowest BCUT2D eigenvalue weighted by Crippen LogP contribution is -2.37. The zero-order valence-electron chi connectivity index (χ0n) is 11.1. The summed E-state index contributed by atoms with van der Waals surface area (Å²) in [5, 5.41) is 6.25. The highest BCUT2D eigenvalue weighted by atomic mass is 16.1. The van der Waals surface area contributed by atoms with E-state index in [1.54, 1.807) is 0 Å². The van der Waals surface area contributed by atoms with Crippen LogP contribution in [0, 0.1) is 11.8 Å². The average Bonchev–Trinajstić information content (AvgIpc) is 3.21. The number of carbonyl (C=O) groups excluding carboxylic acids is 1. The lowest BCUT2D eigenvalue weighted by atomic mass is 10.0. The van der Waals surface area contributed by atoms with Gasteiger partial charge in [-0.3, -0.25) is 4.79 Å². The van der Waals surface area contributed by atoms with Gasteiger partial charge in [0, 0.05) is 12.5 Å². The Hall–Kier alpha value is -1.35. The van der Waals surface area contributed by atoms with Gasteiger partial charge in [0.25, 0.3) is 0 Å². The van der Waals surface area contributed by atoms with Crippen molar-refractivity contribution in [2.75, 3.05) is 13.6 Å². The van der Waals surface area contributed by atoms with E-state index >= 15 is 0 Å². The fraction of sp³-hybridized carbons (Fsp3) is 0.533. The first-order valence-corrected chi connectivity index (χ1v) is 6.72. The smallest absolute Gasteiger partial charge is 0.224 e. The fourth-order valence-electron chi connectivity index (χ4n) is 2.26. The van der Waals surface area contributed by atoms with Crippen molar-refractivity contribution in [3.8, 4) is 0 Å². The topological polar surface area (TPSA) is 41.1 Å². The van der Waals surface area contributed by atoms with Gasteiger partial charge in [-0.15, -0.1) is 0 Å². The summed E-state index contributed by atoms with van der Waals surface area (Å²) in [7, 11) is 1.87. The Kier molecular flexibility index (Phi) is 4.37. The molecule has 1 aliphatic rings. The van der Waals surface area contributed by atoms with Gasteiger partial charge in [0.05, 0.1) is 6.04 Å². The number of benzene rings is 1. The van der Waals surface area contributed by atoms with Crippen molar-refractivity contribution in [2.45, 2.75) is 25.8 Å². The molecule has 0 aliphatic heterocycles. The molecule has 1 aromatic carbocycles. The van der Waals surface area contributed by atoms with Crippen molar-refractivity contribution in [1.29, 1.82) is 0 Å². The minimum absolute atomic E-state index is 0.0139. The first-order valence-electron chi connectivity index (χ1n) is 6.72. The highest BCUT2D eigenvalue weighted by molar-refractivity contribution is 5.79. The summed E-state index contributed by atoms with van der Waals surface area (Å²) in [6.45, 7) is 2.68. The van der Waals surface area contributed by atoms with Gasteiger partial charge in [0.1, 0.15) is 0 Å². The molecular weight excluding hydrogens is 224 g/mol. The molecule has 0 radical (unpaired) electrons. The molecule has 2 rings (SSSR count). The molecule has 1 amide bonds. The Labute approximate surface area is 109 Å². The van der Waals surface area contributed by atoms with Crippen molar-refractivity contribution >= 4 is 5.91 Å². The standard InChI is InChI=1S/C15H22N2O/c1-11(10-16-2)15(18)17-14(13-8-9-13)12-6-4-3-5-7-12/h3-7,11,13-14,16H,8-10H2,1-2H3,(H,17,18). The van der Waals surface area contributed by atoms with Crippen molar-refractivity contribution in [3.63, 3.8) is 0 Å². The van der Waals surface area contributed by atoms with Crippen molar-refractivity contribution in [2.24, 2.45) is 11.8 Å². The molecule has 0 saturated heterocycles. The molecule has 18 heavy (non-hydrogen) atoms. The van der Waals surface area contributed by atoms with Crippen LogP contribution in [0.2, 0.25) is 0 Å². The Morgan fingerprint density at radius 2 is 2.00 bits per heavy atom. The van der Waals surface area contributed by atoms with E-state index in [1.807, 2.05) is 32.2 Å². The van der Waals surface area contributed by atoms with Gasteiger partial charge >= 0.3 is 0 Å². The minimum Gasteiger partial charge on any atom is -0.349 e. The van der Waals surface area contributed by atoms with Gasteiger partial charge < -0.3 is 10.6 Å². The maximum absolute atomic E-state index is 12.1. The van der Waals surface area contributed by atoms with Crippen LogP contribution in [0.5, 0.6) is 0 Å². The minimum atomic E-state index is 0.0139. The molecule has 0 heterocycles. The van der Waals surface area contributed by atoms with Gasteiger partial charge in [0.2, 0.25) is 5.91 Å². The first kappa shape index (κ1) is 13.1. The molecule has 1 saturated carbocycles. The molecule has 3 nitrogen and oxygen atoms in total. The van der Waals surface area contributed by atoms with Crippen LogP contribution >= 0.6 is 0 Å². The molecule has 0 spiro atoms. The Balaban J connectivity index is 2.01. The molecule has 0 aromatic heterocycles. The van der Waals surface area contributed by atoms with Crippen LogP contribution in [-0.4, -0.2) is 19.5 Å². The van der Waals surface area contributed by atoms with E-state index in [0.29, 0.717) is 5.92 Å². The average molecular weight is 246 g/mol. The summed E-state index contributed by atoms with van der Waals surface area (Å²) in [5.74, 6) is 0.781. The molecule has 0 bridgehead atoms. The van der Waals surface area contributed by atoms with Gasteiger partial charge in [-0.1, -0.05) is 37.3 Å². The third-order valence-corrected chi connectivity index (χ3v) is 3.51. The molecule has 2 unspecified atom stereocenters.